The Bertz CT molecular complexity index is 6.00. The van der Waals surface area contributed by atoms with Crippen molar-refractivity contribution in [1.82, 2.24) is 0 Å². The maximum Gasteiger partial charge on any atom is 2.00 e. The van der Waals surface area contributed by atoms with Crippen molar-refractivity contribution < 1.29 is 27.1 Å². The molecule has 0 aliphatic rings. The predicted molar refractivity (Wildman–Crippen MR) is 5.75 cm³/mol. The summed E-state index contributed by atoms with van der Waals surface area (Å²) >= 11 is 0. The largest absolute Gasteiger partial charge is 2.00 e. The zero-order valence-electron chi connectivity index (χ0n) is 1.70. The first-order valence-electron chi connectivity index (χ1n) is 0.471. The van der Waals surface area contributed by atoms with Gasteiger partial charge in [0, 0.05) is 0 Å². The van der Waals surface area contributed by atoms with E-state index in [9.17, 15) is 0 Å². The summed E-state index contributed by atoms with van der Waals surface area (Å²) < 4.78 is 0. The number of hydrogen-bond donors (Lipinski definition) is 0. The Balaban J connectivity index is 0. The number of rotatable bonds is 0. The van der Waals surface area contributed by atoms with Crippen molar-refractivity contribution in [2.45, 2.75) is 0 Å². The second kappa shape index (κ2) is 9.71. The molecule has 0 aromatic carbocycles. The van der Waals surface area contributed by atoms with Gasteiger partial charge in [-0.3, -0.25) is 0 Å². The molecule has 0 amide bonds. The van der Waals surface area contributed by atoms with Crippen molar-refractivity contribution >= 4 is 7.69 Å². The minimum absolute atomic E-state index is 0. The Labute approximate surface area is 35.6 Å². The molecule has 2 radical (unpaired) electrons. The van der Waals surface area contributed by atoms with Crippen LogP contribution in [-0.4, -0.2) is 7.69 Å². The van der Waals surface area contributed by atoms with E-state index in [2.05, 4.69) is 0 Å². The van der Waals surface area contributed by atoms with Crippen LogP contribution in [0.1, 0.15) is 0 Å². The standard InChI is InChI=1S/BO2.Cu/c2-1-3;/q-2;+2. The van der Waals surface area contributed by atoms with Gasteiger partial charge in [0.1, 0.15) is 0 Å². The zero-order valence-corrected chi connectivity index (χ0v) is 2.64. The van der Waals surface area contributed by atoms with Gasteiger partial charge in [-0.15, -0.1) is 0 Å². The van der Waals surface area contributed by atoms with Crippen molar-refractivity contribution in [3.8, 4) is 0 Å². The average Bonchev–Trinajstić information content (AvgIpc) is 0.918. The Morgan fingerprint density at radius 1 is 1.25 bits per heavy atom. The quantitative estimate of drug-likeness (QED) is 0.314. The Hall–Kier alpha value is 0.504. The van der Waals surface area contributed by atoms with Crippen LogP contribution in [0.25, 0.3) is 0 Å². The Kier molecular flexibility index (Phi) is 21.4. The Morgan fingerprint density at radius 3 is 1.25 bits per heavy atom. The normalized spacial score (nSPS) is 3.50. The molecule has 0 saturated carbocycles. The minimum Gasteiger partial charge on any atom is -0.900 e. The van der Waals surface area contributed by atoms with Gasteiger partial charge >= 0.3 is 17.1 Å². The molecule has 0 aliphatic carbocycles. The van der Waals surface area contributed by atoms with Gasteiger partial charge in [0.05, 0.1) is 0 Å². The van der Waals surface area contributed by atoms with E-state index in [1.165, 1.54) is 0 Å². The molecule has 0 aromatic rings. The molecule has 0 atom stereocenters. The molecule has 0 rings (SSSR count). The fourth-order valence-electron chi connectivity index (χ4n) is 0. The third kappa shape index (κ3) is 22.3. The molecule has 0 unspecified atom stereocenters. The molecule has 0 aliphatic heterocycles. The molecule has 0 heterocycles. The summed E-state index contributed by atoms with van der Waals surface area (Å²) in [4.78, 5) is 0. The summed E-state index contributed by atoms with van der Waals surface area (Å²) in [5.41, 5.74) is 0. The summed E-state index contributed by atoms with van der Waals surface area (Å²) in [6.45, 7) is 0. The average molecular weight is 106 g/mol. The van der Waals surface area contributed by atoms with E-state index < -0.39 is 7.69 Å². The van der Waals surface area contributed by atoms with Crippen molar-refractivity contribution in [2.75, 3.05) is 0 Å². The first-order valence-corrected chi connectivity index (χ1v) is 0.471. The van der Waals surface area contributed by atoms with Gasteiger partial charge in [0.15, 0.2) is 0 Å². The van der Waals surface area contributed by atoms with Crippen molar-refractivity contribution in [2.24, 2.45) is 0 Å². The Morgan fingerprint density at radius 2 is 1.25 bits per heavy atom. The molecule has 0 aromatic heterocycles. The summed E-state index contributed by atoms with van der Waals surface area (Å²) in [7, 11) is -0.500. The second-order valence-electron chi connectivity index (χ2n) is 0.0962. The molecule has 26 valence electrons. The van der Waals surface area contributed by atoms with Crippen LogP contribution in [0.2, 0.25) is 0 Å². The van der Waals surface area contributed by atoms with Crippen molar-refractivity contribution in [3.63, 3.8) is 0 Å². The predicted octanol–water partition coefficient (Wildman–Crippen LogP) is -2.76. The van der Waals surface area contributed by atoms with E-state index in [-0.39, 0.29) is 17.1 Å². The first kappa shape index (κ1) is 8.82. The summed E-state index contributed by atoms with van der Waals surface area (Å²) in [5, 5.41) is 16.5. The van der Waals surface area contributed by atoms with Gasteiger partial charge in [0.2, 0.25) is 0 Å². The summed E-state index contributed by atoms with van der Waals surface area (Å²) in [6.07, 6.45) is 0. The third-order valence-corrected chi connectivity index (χ3v) is 0. The maximum absolute atomic E-state index is 8.25. The monoisotopic (exact) mass is 106 g/mol. The van der Waals surface area contributed by atoms with E-state index in [1.807, 2.05) is 0 Å². The van der Waals surface area contributed by atoms with Gasteiger partial charge < -0.3 is 10.0 Å². The van der Waals surface area contributed by atoms with Crippen LogP contribution >= 0.6 is 0 Å². The van der Waals surface area contributed by atoms with Crippen LogP contribution in [0, 0.1) is 0 Å². The molecule has 4 heavy (non-hydrogen) atoms. The van der Waals surface area contributed by atoms with Gasteiger partial charge in [-0.1, -0.05) is 0 Å². The van der Waals surface area contributed by atoms with Crippen LogP contribution in [0.5, 0.6) is 0 Å². The molecule has 0 spiro atoms. The van der Waals surface area contributed by atoms with Gasteiger partial charge in [-0.25, -0.2) is 7.69 Å². The van der Waals surface area contributed by atoms with Gasteiger partial charge in [-0.2, -0.15) is 0 Å². The van der Waals surface area contributed by atoms with E-state index in [0.29, 0.717) is 0 Å². The first-order chi connectivity index (χ1) is 1.41. The van der Waals surface area contributed by atoms with Crippen LogP contribution in [0.15, 0.2) is 0 Å². The number of hydrogen-bond acceptors (Lipinski definition) is 2. The SMILES string of the molecule is [Cu+2].[O-][B][O-]. The topological polar surface area (TPSA) is 46.1 Å². The van der Waals surface area contributed by atoms with E-state index in [4.69, 9.17) is 10.0 Å². The molecule has 0 bridgehead atoms. The third-order valence-electron chi connectivity index (χ3n) is 0. The fourth-order valence-corrected chi connectivity index (χ4v) is 0. The molecule has 0 N–H and O–H groups in total. The van der Waals surface area contributed by atoms with Gasteiger partial charge in [-0.05, 0) is 0 Å². The van der Waals surface area contributed by atoms with Crippen LogP contribution in [-0.2, 0) is 17.1 Å². The fraction of sp³-hybridized carbons (Fsp3) is 0. The van der Waals surface area contributed by atoms with Gasteiger partial charge in [0.25, 0.3) is 0 Å². The molecular formula is BCuO2. The summed E-state index contributed by atoms with van der Waals surface area (Å²) in [6, 6.07) is 0. The molecular weight excluding hydrogens is 106 g/mol. The van der Waals surface area contributed by atoms with E-state index in [0.717, 1.165) is 0 Å². The van der Waals surface area contributed by atoms with E-state index >= 15 is 0 Å². The van der Waals surface area contributed by atoms with Crippen LogP contribution in [0.3, 0.4) is 0 Å². The zero-order chi connectivity index (χ0) is 2.71. The van der Waals surface area contributed by atoms with Crippen molar-refractivity contribution in [1.29, 1.82) is 0 Å². The molecule has 0 saturated heterocycles. The second-order valence-corrected chi connectivity index (χ2v) is 0.0962. The van der Waals surface area contributed by atoms with Crippen LogP contribution in [0.4, 0.5) is 0 Å². The minimum atomic E-state index is -0.500. The van der Waals surface area contributed by atoms with Crippen molar-refractivity contribution in [3.05, 3.63) is 0 Å². The molecule has 4 heteroatoms. The smallest absolute Gasteiger partial charge is 0.900 e. The van der Waals surface area contributed by atoms with E-state index in [1.54, 1.807) is 0 Å². The maximum atomic E-state index is 8.25. The summed E-state index contributed by atoms with van der Waals surface area (Å²) in [5.74, 6) is 0. The van der Waals surface area contributed by atoms with Crippen LogP contribution < -0.4 is 10.0 Å². The molecule has 0 fully saturated rings. The molecule has 2 nitrogen and oxygen atoms in total.